The monoisotopic (exact) mass is 274 g/mol. The Morgan fingerprint density at radius 2 is 1.68 bits per heavy atom. The average Bonchev–Trinajstić information content (AvgIpc) is 2.28. The van der Waals surface area contributed by atoms with E-state index < -0.39 is 23.6 Å². The lowest BCUT2D eigenvalue weighted by Crippen LogP contribution is -2.44. The predicted molar refractivity (Wildman–Crippen MR) is 64.1 cm³/mol. The molecule has 1 aromatic carbocycles. The second-order valence-corrected chi connectivity index (χ2v) is 4.91. The molecule has 1 atom stereocenters. The van der Waals surface area contributed by atoms with Gasteiger partial charge in [0.2, 0.25) is 0 Å². The van der Waals surface area contributed by atoms with Crippen LogP contribution in [0, 0.1) is 5.41 Å². The molecule has 106 valence electrons. The van der Waals surface area contributed by atoms with Gasteiger partial charge < -0.3 is 14.9 Å². The van der Waals surface area contributed by atoms with Gasteiger partial charge in [0.25, 0.3) is 0 Å². The number of aliphatic carboxylic acids is 1. The molecule has 0 spiro atoms. The number of carboxylic acid groups (broad SMARTS) is 1. The van der Waals surface area contributed by atoms with E-state index in [9.17, 15) is 18.7 Å². The number of hydrogen-bond acceptors (Lipinski definition) is 3. The lowest BCUT2D eigenvalue weighted by atomic mass is 9.72. The summed E-state index contributed by atoms with van der Waals surface area (Å²) in [4.78, 5) is 11.2. The summed E-state index contributed by atoms with van der Waals surface area (Å²) in [7, 11) is 0. The second kappa shape index (κ2) is 5.13. The van der Waals surface area contributed by atoms with Crippen LogP contribution in [0.1, 0.15) is 26.3 Å². The molecule has 0 aromatic heterocycles. The summed E-state index contributed by atoms with van der Waals surface area (Å²) in [5, 5.41) is 19.5. The summed E-state index contributed by atoms with van der Waals surface area (Å²) in [5.41, 5.74) is -2.78. The van der Waals surface area contributed by atoms with Gasteiger partial charge in [-0.1, -0.05) is 12.1 Å². The molecule has 0 amide bonds. The Hall–Kier alpha value is -1.69. The van der Waals surface area contributed by atoms with Crippen LogP contribution in [0.15, 0.2) is 24.3 Å². The number of halogens is 2. The van der Waals surface area contributed by atoms with E-state index in [2.05, 4.69) is 4.74 Å². The predicted octanol–water partition coefficient (Wildman–Crippen LogP) is 2.61. The highest BCUT2D eigenvalue weighted by Gasteiger charge is 2.46. The topological polar surface area (TPSA) is 66.8 Å². The molecule has 1 aromatic rings. The maximum atomic E-state index is 12.0. The molecular formula is C13H16F2O4. The van der Waals surface area contributed by atoms with Crippen molar-refractivity contribution in [3.05, 3.63) is 29.8 Å². The van der Waals surface area contributed by atoms with Gasteiger partial charge in [-0.3, -0.25) is 4.79 Å². The van der Waals surface area contributed by atoms with E-state index in [1.54, 1.807) is 0 Å². The summed E-state index contributed by atoms with van der Waals surface area (Å²) in [5.74, 6) is -1.21. The van der Waals surface area contributed by atoms with Crippen molar-refractivity contribution < 1.29 is 28.5 Å². The van der Waals surface area contributed by atoms with Gasteiger partial charge in [0.05, 0.1) is 5.41 Å². The van der Waals surface area contributed by atoms with Crippen molar-refractivity contribution in [3.8, 4) is 5.75 Å². The Bertz CT molecular complexity index is 452. The molecule has 0 saturated heterocycles. The molecule has 0 heterocycles. The minimum absolute atomic E-state index is 0.0531. The molecule has 0 saturated carbocycles. The smallest absolute Gasteiger partial charge is 0.387 e. The third kappa shape index (κ3) is 3.01. The Balaban J connectivity index is 3.06. The molecule has 0 aliphatic rings. The fourth-order valence-corrected chi connectivity index (χ4v) is 1.53. The van der Waals surface area contributed by atoms with Gasteiger partial charge in [-0.2, -0.15) is 8.78 Å². The average molecular weight is 274 g/mol. The third-order valence-corrected chi connectivity index (χ3v) is 3.39. The zero-order chi connectivity index (χ0) is 14.8. The molecule has 1 rings (SSSR count). The van der Waals surface area contributed by atoms with Crippen molar-refractivity contribution in [3.63, 3.8) is 0 Å². The third-order valence-electron chi connectivity index (χ3n) is 3.39. The molecule has 0 aliphatic carbocycles. The number of rotatable bonds is 5. The molecular weight excluding hydrogens is 258 g/mol. The van der Waals surface area contributed by atoms with E-state index >= 15 is 0 Å². The van der Waals surface area contributed by atoms with Gasteiger partial charge in [0.1, 0.15) is 11.4 Å². The minimum Gasteiger partial charge on any atom is -0.481 e. The van der Waals surface area contributed by atoms with Crippen molar-refractivity contribution >= 4 is 5.97 Å². The first kappa shape index (κ1) is 15.4. The first-order valence-electron chi connectivity index (χ1n) is 5.60. The maximum Gasteiger partial charge on any atom is 0.387 e. The quantitative estimate of drug-likeness (QED) is 0.866. The molecule has 6 heteroatoms. The number of alkyl halides is 2. The zero-order valence-electron chi connectivity index (χ0n) is 10.9. The molecule has 0 bridgehead atoms. The van der Waals surface area contributed by atoms with E-state index in [0.29, 0.717) is 5.56 Å². The summed E-state index contributed by atoms with van der Waals surface area (Å²) in [6.45, 7) is 1.21. The molecule has 0 aliphatic heterocycles. The van der Waals surface area contributed by atoms with Crippen LogP contribution < -0.4 is 4.74 Å². The Labute approximate surface area is 109 Å². The van der Waals surface area contributed by atoms with Gasteiger partial charge in [-0.25, -0.2) is 0 Å². The molecule has 0 radical (unpaired) electrons. The van der Waals surface area contributed by atoms with Crippen molar-refractivity contribution in [2.45, 2.75) is 33.0 Å². The molecule has 19 heavy (non-hydrogen) atoms. The summed E-state index contributed by atoms with van der Waals surface area (Å²) >= 11 is 0. The van der Waals surface area contributed by atoms with Gasteiger partial charge in [0.15, 0.2) is 0 Å². The van der Waals surface area contributed by atoms with Crippen LogP contribution >= 0.6 is 0 Å². The van der Waals surface area contributed by atoms with Crippen LogP contribution in [0.4, 0.5) is 8.78 Å². The highest BCUT2D eigenvalue weighted by atomic mass is 19.3. The van der Waals surface area contributed by atoms with E-state index in [-0.39, 0.29) is 5.75 Å². The van der Waals surface area contributed by atoms with Crippen molar-refractivity contribution in [1.82, 2.24) is 0 Å². The van der Waals surface area contributed by atoms with Crippen LogP contribution in [0.3, 0.4) is 0 Å². The summed E-state index contributed by atoms with van der Waals surface area (Å²) in [6, 6.07) is 5.24. The number of carboxylic acids is 1. The first-order chi connectivity index (χ1) is 8.59. The number of carbonyl (C=O) groups is 1. The minimum atomic E-state index is -2.93. The van der Waals surface area contributed by atoms with Crippen molar-refractivity contribution in [1.29, 1.82) is 0 Å². The van der Waals surface area contributed by atoms with Crippen LogP contribution in [0.5, 0.6) is 5.75 Å². The number of hydrogen-bond donors (Lipinski definition) is 2. The highest BCUT2D eigenvalue weighted by molar-refractivity contribution is 5.75. The number of benzene rings is 1. The zero-order valence-corrected chi connectivity index (χ0v) is 10.9. The van der Waals surface area contributed by atoms with Crippen molar-refractivity contribution in [2.75, 3.05) is 0 Å². The molecule has 4 nitrogen and oxygen atoms in total. The summed E-state index contributed by atoms with van der Waals surface area (Å²) < 4.78 is 28.2. The van der Waals surface area contributed by atoms with Gasteiger partial charge in [0, 0.05) is 0 Å². The van der Waals surface area contributed by atoms with Crippen LogP contribution in [-0.2, 0) is 10.4 Å². The van der Waals surface area contributed by atoms with Gasteiger partial charge >= 0.3 is 12.6 Å². The number of aliphatic hydroxyl groups is 1. The lowest BCUT2D eigenvalue weighted by molar-refractivity contribution is -0.164. The van der Waals surface area contributed by atoms with E-state index in [1.807, 2.05) is 0 Å². The van der Waals surface area contributed by atoms with Crippen molar-refractivity contribution in [2.24, 2.45) is 5.41 Å². The van der Waals surface area contributed by atoms with E-state index in [1.165, 1.54) is 45.0 Å². The standard InChI is InChI=1S/C13H16F2O4/c1-12(2,10(16)17)13(3,18)8-4-6-9(7-5-8)19-11(14)15/h4-7,11,18H,1-3H3,(H,16,17). The second-order valence-electron chi connectivity index (χ2n) is 4.91. The first-order valence-corrected chi connectivity index (χ1v) is 5.60. The molecule has 0 fully saturated rings. The Kier molecular flexibility index (Phi) is 4.15. The van der Waals surface area contributed by atoms with Crippen LogP contribution in [0.2, 0.25) is 0 Å². The lowest BCUT2D eigenvalue weighted by Gasteiger charge is -2.36. The molecule has 1 unspecified atom stereocenters. The van der Waals surface area contributed by atoms with E-state index in [0.717, 1.165) is 0 Å². The van der Waals surface area contributed by atoms with Gasteiger partial charge in [-0.05, 0) is 38.5 Å². The fourth-order valence-electron chi connectivity index (χ4n) is 1.53. The number of ether oxygens (including phenoxy) is 1. The van der Waals surface area contributed by atoms with E-state index in [4.69, 9.17) is 5.11 Å². The summed E-state index contributed by atoms with van der Waals surface area (Å²) in [6.07, 6.45) is 0. The normalized spacial score (nSPS) is 15.1. The largest absolute Gasteiger partial charge is 0.481 e. The fraction of sp³-hybridized carbons (Fsp3) is 0.462. The van der Waals surface area contributed by atoms with Crippen LogP contribution in [-0.4, -0.2) is 22.8 Å². The Morgan fingerprint density at radius 3 is 2.05 bits per heavy atom. The SMILES string of the molecule is CC(C)(C(=O)O)C(C)(O)c1ccc(OC(F)F)cc1. The molecule has 2 N–H and O–H groups in total. The van der Waals surface area contributed by atoms with Crippen LogP contribution in [0.25, 0.3) is 0 Å². The van der Waals surface area contributed by atoms with Gasteiger partial charge in [-0.15, -0.1) is 0 Å². The Morgan fingerprint density at radius 1 is 1.21 bits per heavy atom. The maximum absolute atomic E-state index is 12.0. The highest BCUT2D eigenvalue weighted by Crippen LogP contribution is 2.40.